The third-order valence-corrected chi connectivity index (χ3v) is 3.55. The van der Waals surface area contributed by atoms with Crippen molar-refractivity contribution in [3.8, 4) is 0 Å². The molecule has 0 radical (unpaired) electrons. The number of hydrogen-bond acceptors (Lipinski definition) is 3. The Morgan fingerprint density at radius 1 is 1.27 bits per heavy atom. The van der Waals surface area contributed by atoms with Crippen LogP contribution in [-0.2, 0) is 4.74 Å². The van der Waals surface area contributed by atoms with Gasteiger partial charge in [-0.3, -0.25) is 0 Å². The maximum absolute atomic E-state index is 5.58. The minimum absolute atomic E-state index is 0.572. The lowest BCUT2D eigenvalue weighted by atomic mass is 10.1. The fourth-order valence-electron chi connectivity index (χ4n) is 1.95. The van der Waals surface area contributed by atoms with Gasteiger partial charge in [-0.1, -0.05) is 0 Å². The van der Waals surface area contributed by atoms with E-state index in [4.69, 9.17) is 4.74 Å². The van der Waals surface area contributed by atoms with Crippen LogP contribution in [0.25, 0.3) is 0 Å². The van der Waals surface area contributed by atoms with E-state index >= 15 is 0 Å². The molecule has 1 heterocycles. The van der Waals surface area contributed by atoms with Crippen LogP contribution in [-0.4, -0.2) is 37.8 Å². The van der Waals surface area contributed by atoms with Crippen molar-refractivity contribution in [3.05, 3.63) is 0 Å². The van der Waals surface area contributed by atoms with Gasteiger partial charge in [0.2, 0.25) is 0 Å². The minimum Gasteiger partial charge on any atom is -0.378 e. The molecule has 2 nitrogen and oxygen atoms in total. The van der Waals surface area contributed by atoms with Gasteiger partial charge < -0.3 is 10.1 Å². The molecule has 0 saturated carbocycles. The third-order valence-electron chi connectivity index (χ3n) is 2.86. The van der Waals surface area contributed by atoms with E-state index in [1.165, 1.54) is 57.4 Å². The van der Waals surface area contributed by atoms with Gasteiger partial charge in [0.25, 0.3) is 0 Å². The van der Waals surface area contributed by atoms with E-state index in [0.29, 0.717) is 6.10 Å². The highest BCUT2D eigenvalue weighted by atomic mass is 32.2. The van der Waals surface area contributed by atoms with Crippen LogP contribution in [0.15, 0.2) is 0 Å². The van der Waals surface area contributed by atoms with Crippen LogP contribution < -0.4 is 5.32 Å². The zero-order valence-electron chi connectivity index (χ0n) is 9.96. The molecule has 1 aliphatic heterocycles. The average Bonchev–Trinajstić information content (AvgIpc) is 2.75. The third kappa shape index (κ3) is 7.20. The van der Waals surface area contributed by atoms with Gasteiger partial charge in [-0.25, -0.2) is 0 Å². The van der Waals surface area contributed by atoms with Crippen LogP contribution in [0.5, 0.6) is 0 Å². The summed E-state index contributed by atoms with van der Waals surface area (Å²) in [5, 5.41) is 3.50. The summed E-state index contributed by atoms with van der Waals surface area (Å²) in [4.78, 5) is 0. The summed E-state index contributed by atoms with van der Waals surface area (Å²) in [5.74, 6) is 1.30. The lowest BCUT2D eigenvalue weighted by molar-refractivity contribution is 0.102. The monoisotopic (exact) mass is 231 g/mol. The first-order valence-corrected chi connectivity index (χ1v) is 7.64. The molecule has 0 aliphatic carbocycles. The van der Waals surface area contributed by atoms with Crippen LogP contribution in [0.4, 0.5) is 0 Å². The SMILES string of the molecule is CSCCCCNCCCC1CCCO1. The topological polar surface area (TPSA) is 21.3 Å². The van der Waals surface area contributed by atoms with Crippen molar-refractivity contribution in [2.45, 2.75) is 44.6 Å². The van der Waals surface area contributed by atoms with Gasteiger partial charge in [0, 0.05) is 6.61 Å². The van der Waals surface area contributed by atoms with E-state index in [2.05, 4.69) is 11.6 Å². The average molecular weight is 231 g/mol. The van der Waals surface area contributed by atoms with Crippen molar-refractivity contribution in [2.24, 2.45) is 0 Å². The molecule has 1 atom stereocenters. The second kappa shape index (κ2) is 9.49. The first-order chi connectivity index (χ1) is 7.43. The van der Waals surface area contributed by atoms with Crippen molar-refractivity contribution in [1.82, 2.24) is 5.32 Å². The van der Waals surface area contributed by atoms with Gasteiger partial charge in [-0.15, -0.1) is 0 Å². The van der Waals surface area contributed by atoms with Gasteiger partial charge >= 0.3 is 0 Å². The van der Waals surface area contributed by atoms with E-state index in [1.807, 2.05) is 11.8 Å². The molecule has 0 aromatic heterocycles. The summed E-state index contributed by atoms with van der Waals surface area (Å²) in [5.41, 5.74) is 0. The van der Waals surface area contributed by atoms with E-state index in [0.717, 1.165) is 6.61 Å². The molecule has 0 aromatic rings. The molecule has 3 heteroatoms. The minimum atomic E-state index is 0.572. The number of nitrogens with one attached hydrogen (secondary N) is 1. The summed E-state index contributed by atoms with van der Waals surface area (Å²) in [6, 6.07) is 0. The highest BCUT2D eigenvalue weighted by Crippen LogP contribution is 2.16. The fraction of sp³-hybridized carbons (Fsp3) is 1.00. The first kappa shape index (κ1) is 13.3. The molecule has 1 fully saturated rings. The van der Waals surface area contributed by atoms with Gasteiger partial charge in [-0.2, -0.15) is 11.8 Å². The van der Waals surface area contributed by atoms with Gasteiger partial charge in [-0.05, 0) is 63.6 Å². The Hall–Kier alpha value is 0.270. The van der Waals surface area contributed by atoms with E-state index < -0.39 is 0 Å². The Balaban J connectivity index is 1.73. The van der Waals surface area contributed by atoms with Gasteiger partial charge in [0.1, 0.15) is 0 Å². The second-order valence-corrected chi connectivity index (χ2v) is 5.21. The molecule has 0 bridgehead atoms. The number of rotatable bonds is 9. The normalized spacial score (nSPS) is 21.0. The lowest BCUT2D eigenvalue weighted by Crippen LogP contribution is -2.18. The Kier molecular flexibility index (Phi) is 8.44. The Morgan fingerprint density at radius 2 is 2.13 bits per heavy atom. The molecule has 15 heavy (non-hydrogen) atoms. The van der Waals surface area contributed by atoms with Crippen LogP contribution in [0.2, 0.25) is 0 Å². The zero-order valence-corrected chi connectivity index (χ0v) is 10.8. The Labute approximate surface area is 98.5 Å². The van der Waals surface area contributed by atoms with Crippen molar-refractivity contribution < 1.29 is 4.74 Å². The highest BCUT2D eigenvalue weighted by molar-refractivity contribution is 7.98. The van der Waals surface area contributed by atoms with Crippen molar-refractivity contribution >= 4 is 11.8 Å². The maximum Gasteiger partial charge on any atom is 0.0576 e. The van der Waals surface area contributed by atoms with Crippen LogP contribution in [0.1, 0.15) is 38.5 Å². The van der Waals surface area contributed by atoms with Crippen molar-refractivity contribution in [1.29, 1.82) is 0 Å². The summed E-state index contributed by atoms with van der Waals surface area (Å²) in [7, 11) is 0. The lowest BCUT2D eigenvalue weighted by Gasteiger charge is -2.09. The molecule has 0 aromatic carbocycles. The van der Waals surface area contributed by atoms with Crippen LogP contribution >= 0.6 is 11.8 Å². The molecule has 1 unspecified atom stereocenters. The van der Waals surface area contributed by atoms with Crippen LogP contribution in [0.3, 0.4) is 0 Å². The van der Waals surface area contributed by atoms with Crippen molar-refractivity contribution in [2.75, 3.05) is 31.7 Å². The maximum atomic E-state index is 5.58. The Morgan fingerprint density at radius 3 is 2.87 bits per heavy atom. The van der Waals surface area contributed by atoms with Gasteiger partial charge in [0.05, 0.1) is 6.10 Å². The summed E-state index contributed by atoms with van der Waals surface area (Å²) < 4.78 is 5.58. The fourth-order valence-corrected chi connectivity index (χ4v) is 2.44. The molecule has 0 amide bonds. The highest BCUT2D eigenvalue weighted by Gasteiger charge is 2.13. The smallest absolute Gasteiger partial charge is 0.0576 e. The molecule has 0 spiro atoms. The number of unbranched alkanes of at least 4 members (excludes halogenated alkanes) is 1. The number of ether oxygens (including phenoxy) is 1. The predicted octanol–water partition coefficient (Wildman–Crippen LogP) is 2.68. The van der Waals surface area contributed by atoms with E-state index in [9.17, 15) is 0 Å². The van der Waals surface area contributed by atoms with Crippen molar-refractivity contribution in [3.63, 3.8) is 0 Å². The number of thioether (sulfide) groups is 1. The second-order valence-electron chi connectivity index (χ2n) is 4.23. The molecule has 1 N–H and O–H groups in total. The predicted molar refractivity (Wildman–Crippen MR) is 68.7 cm³/mol. The number of hydrogen-bond donors (Lipinski definition) is 1. The molecular weight excluding hydrogens is 206 g/mol. The summed E-state index contributed by atoms with van der Waals surface area (Å²) in [6.07, 6.45) is 10.5. The van der Waals surface area contributed by atoms with Crippen LogP contribution in [0, 0.1) is 0 Å². The molecular formula is C12H25NOS. The largest absolute Gasteiger partial charge is 0.378 e. The summed E-state index contributed by atoms with van der Waals surface area (Å²) in [6.45, 7) is 3.35. The standard InChI is InChI=1S/C12H25NOS/c1-15-11-3-2-8-13-9-4-6-12-7-5-10-14-12/h12-13H,2-11H2,1H3. The van der Waals surface area contributed by atoms with E-state index in [1.54, 1.807) is 0 Å². The molecule has 1 aliphatic rings. The van der Waals surface area contributed by atoms with Gasteiger partial charge in [0.15, 0.2) is 0 Å². The Bertz CT molecular complexity index is 138. The van der Waals surface area contributed by atoms with E-state index in [-0.39, 0.29) is 0 Å². The zero-order chi connectivity index (χ0) is 10.8. The quantitative estimate of drug-likeness (QED) is 0.617. The molecule has 1 rings (SSSR count). The molecule has 1 saturated heterocycles. The molecule has 90 valence electrons. The summed E-state index contributed by atoms with van der Waals surface area (Å²) >= 11 is 1.94. The first-order valence-electron chi connectivity index (χ1n) is 6.24.